The summed E-state index contributed by atoms with van der Waals surface area (Å²) in [4.78, 5) is 14.9. The Hall–Kier alpha value is -1.04. The van der Waals surface area contributed by atoms with Crippen molar-refractivity contribution in [3.8, 4) is 0 Å². The molecular formula is C10H8Cl2N2O2S. The molecule has 0 radical (unpaired) electrons. The lowest BCUT2D eigenvalue weighted by Crippen LogP contribution is -2.25. The molecule has 17 heavy (non-hydrogen) atoms. The Balaban J connectivity index is 2.35. The minimum absolute atomic E-state index is 0.433. The van der Waals surface area contributed by atoms with E-state index in [4.69, 9.17) is 28.3 Å². The van der Waals surface area contributed by atoms with E-state index < -0.39 is 12.0 Å². The van der Waals surface area contributed by atoms with Gasteiger partial charge in [-0.2, -0.15) is 0 Å². The Morgan fingerprint density at radius 2 is 2.12 bits per heavy atom. The van der Waals surface area contributed by atoms with E-state index >= 15 is 0 Å². The maximum absolute atomic E-state index is 10.7. The molecule has 0 amide bonds. The van der Waals surface area contributed by atoms with Crippen molar-refractivity contribution in [3.05, 3.63) is 22.2 Å². The molecule has 90 valence electrons. The molecule has 1 atom stereocenters. The monoisotopic (exact) mass is 290 g/mol. The van der Waals surface area contributed by atoms with E-state index in [0.717, 1.165) is 4.70 Å². The van der Waals surface area contributed by atoms with Gasteiger partial charge in [-0.3, -0.25) is 4.79 Å². The SMILES string of the molecule is C[C@@H](Nc1nc2cc(Cl)c(Cl)cc2s1)C(=O)O. The van der Waals surface area contributed by atoms with Crippen LogP contribution in [0.4, 0.5) is 5.13 Å². The zero-order chi connectivity index (χ0) is 12.6. The molecule has 2 aromatic rings. The maximum Gasteiger partial charge on any atom is 0.325 e. The smallest absolute Gasteiger partial charge is 0.325 e. The van der Waals surface area contributed by atoms with E-state index in [-0.39, 0.29) is 0 Å². The van der Waals surface area contributed by atoms with Crippen molar-refractivity contribution < 1.29 is 9.90 Å². The highest BCUT2D eigenvalue weighted by Gasteiger charge is 2.13. The van der Waals surface area contributed by atoms with Crippen LogP contribution in [0.1, 0.15) is 6.92 Å². The maximum atomic E-state index is 10.7. The second kappa shape index (κ2) is 4.68. The quantitative estimate of drug-likeness (QED) is 0.908. The van der Waals surface area contributed by atoms with Gasteiger partial charge in [-0.25, -0.2) is 4.98 Å². The van der Waals surface area contributed by atoms with Crippen LogP contribution in [0, 0.1) is 0 Å². The second-order valence-corrected chi connectivity index (χ2v) is 5.30. The number of halogens is 2. The van der Waals surface area contributed by atoms with Crippen LogP contribution in [0.2, 0.25) is 10.0 Å². The van der Waals surface area contributed by atoms with Crippen LogP contribution in [-0.4, -0.2) is 22.1 Å². The fourth-order valence-electron chi connectivity index (χ4n) is 1.23. The number of carbonyl (C=O) groups is 1. The zero-order valence-corrected chi connectivity index (χ0v) is 11.0. The van der Waals surface area contributed by atoms with Gasteiger partial charge in [0.25, 0.3) is 0 Å². The average molecular weight is 291 g/mol. The van der Waals surface area contributed by atoms with Crippen LogP contribution >= 0.6 is 34.5 Å². The van der Waals surface area contributed by atoms with Crippen molar-refractivity contribution in [1.82, 2.24) is 4.98 Å². The molecule has 0 fully saturated rings. The number of fused-ring (bicyclic) bond motifs is 1. The summed E-state index contributed by atoms with van der Waals surface area (Å²) < 4.78 is 0.861. The minimum atomic E-state index is -0.930. The number of hydrogen-bond acceptors (Lipinski definition) is 4. The molecule has 0 spiro atoms. The highest BCUT2D eigenvalue weighted by molar-refractivity contribution is 7.22. The molecule has 0 saturated carbocycles. The Labute approximate surface area is 111 Å². The molecule has 2 N–H and O–H groups in total. The van der Waals surface area contributed by atoms with Gasteiger partial charge in [0.1, 0.15) is 6.04 Å². The number of aliphatic carboxylic acids is 1. The van der Waals surface area contributed by atoms with Gasteiger partial charge in [-0.1, -0.05) is 34.5 Å². The summed E-state index contributed by atoms with van der Waals surface area (Å²) in [5, 5.41) is 13.0. The molecule has 4 nitrogen and oxygen atoms in total. The lowest BCUT2D eigenvalue weighted by molar-refractivity contribution is -0.137. The number of benzene rings is 1. The molecule has 0 bridgehead atoms. The van der Waals surface area contributed by atoms with Gasteiger partial charge >= 0.3 is 5.97 Å². The Morgan fingerprint density at radius 3 is 2.76 bits per heavy atom. The average Bonchev–Trinajstić information content (AvgIpc) is 2.60. The summed E-state index contributed by atoms with van der Waals surface area (Å²) in [7, 11) is 0. The van der Waals surface area contributed by atoms with Crippen molar-refractivity contribution in [2.75, 3.05) is 5.32 Å². The first-order chi connectivity index (χ1) is 7.97. The first-order valence-corrected chi connectivity index (χ1v) is 6.29. The van der Waals surface area contributed by atoms with Crippen LogP contribution in [0.15, 0.2) is 12.1 Å². The van der Waals surface area contributed by atoms with Crippen LogP contribution in [0.3, 0.4) is 0 Å². The molecule has 0 saturated heterocycles. The number of anilines is 1. The van der Waals surface area contributed by atoms with E-state index in [1.807, 2.05) is 0 Å². The molecule has 7 heteroatoms. The zero-order valence-electron chi connectivity index (χ0n) is 8.70. The Bertz CT molecular complexity index is 546. The highest BCUT2D eigenvalue weighted by atomic mass is 35.5. The number of carboxylic acid groups (broad SMARTS) is 1. The van der Waals surface area contributed by atoms with Gasteiger partial charge in [0.15, 0.2) is 5.13 Å². The van der Waals surface area contributed by atoms with Gasteiger partial charge in [0, 0.05) is 0 Å². The highest BCUT2D eigenvalue weighted by Crippen LogP contribution is 2.33. The minimum Gasteiger partial charge on any atom is -0.480 e. The largest absolute Gasteiger partial charge is 0.480 e. The number of hydrogen-bond donors (Lipinski definition) is 2. The molecule has 1 heterocycles. The van der Waals surface area contributed by atoms with Crippen molar-refractivity contribution >= 4 is 55.9 Å². The van der Waals surface area contributed by atoms with E-state index in [2.05, 4.69) is 10.3 Å². The molecule has 0 aliphatic carbocycles. The normalized spacial score (nSPS) is 12.6. The van der Waals surface area contributed by atoms with Crippen LogP contribution in [0.5, 0.6) is 0 Å². The number of aromatic nitrogens is 1. The molecule has 0 aliphatic rings. The third-order valence-electron chi connectivity index (χ3n) is 2.14. The topological polar surface area (TPSA) is 62.2 Å². The van der Waals surface area contributed by atoms with Gasteiger partial charge < -0.3 is 10.4 Å². The number of thiazole rings is 1. The van der Waals surface area contributed by atoms with E-state index in [1.54, 1.807) is 19.1 Å². The van der Waals surface area contributed by atoms with Crippen molar-refractivity contribution in [2.24, 2.45) is 0 Å². The number of nitrogens with zero attached hydrogens (tertiary/aromatic N) is 1. The molecule has 0 unspecified atom stereocenters. The van der Waals surface area contributed by atoms with Crippen molar-refractivity contribution in [1.29, 1.82) is 0 Å². The third-order valence-corrected chi connectivity index (χ3v) is 3.81. The fraction of sp³-hybridized carbons (Fsp3) is 0.200. The van der Waals surface area contributed by atoms with E-state index in [1.165, 1.54) is 11.3 Å². The summed E-state index contributed by atoms with van der Waals surface area (Å²) in [6.07, 6.45) is 0. The predicted molar refractivity (Wildman–Crippen MR) is 70.4 cm³/mol. The summed E-state index contributed by atoms with van der Waals surface area (Å²) in [6, 6.07) is 2.68. The van der Waals surface area contributed by atoms with Gasteiger partial charge in [0.05, 0.1) is 20.3 Å². The van der Waals surface area contributed by atoms with Crippen LogP contribution in [0.25, 0.3) is 10.2 Å². The first kappa shape index (κ1) is 12.4. The lowest BCUT2D eigenvalue weighted by atomic mass is 10.3. The fourth-order valence-corrected chi connectivity index (χ4v) is 2.59. The summed E-state index contributed by atoms with van der Waals surface area (Å²) >= 11 is 13.1. The Kier molecular flexibility index (Phi) is 3.42. The van der Waals surface area contributed by atoms with Crippen LogP contribution < -0.4 is 5.32 Å². The van der Waals surface area contributed by atoms with E-state index in [9.17, 15) is 4.79 Å². The molecule has 2 rings (SSSR count). The van der Waals surface area contributed by atoms with Gasteiger partial charge in [0.2, 0.25) is 0 Å². The first-order valence-electron chi connectivity index (χ1n) is 4.72. The van der Waals surface area contributed by atoms with Gasteiger partial charge in [-0.15, -0.1) is 0 Å². The summed E-state index contributed by atoms with van der Waals surface area (Å²) in [6.45, 7) is 1.55. The van der Waals surface area contributed by atoms with Crippen molar-refractivity contribution in [3.63, 3.8) is 0 Å². The van der Waals surface area contributed by atoms with E-state index in [0.29, 0.717) is 20.7 Å². The van der Waals surface area contributed by atoms with Gasteiger partial charge in [-0.05, 0) is 19.1 Å². The standard InChI is InChI=1S/C10H8Cl2N2O2S/c1-4(9(15)16)13-10-14-7-2-5(11)6(12)3-8(7)17-10/h2-4H,1H3,(H,13,14)(H,15,16)/t4-/m1/s1. The van der Waals surface area contributed by atoms with Crippen molar-refractivity contribution in [2.45, 2.75) is 13.0 Å². The molecular weight excluding hydrogens is 283 g/mol. The predicted octanol–water partition coefficient (Wildman–Crippen LogP) is 3.49. The lowest BCUT2D eigenvalue weighted by Gasteiger charge is -2.05. The molecule has 0 aliphatic heterocycles. The Morgan fingerprint density at radius 1 is 1.47 bits per heavy atom. The summed E-state index contributed by atoms with van der Waals surface area (Å²) in [5.41, 5.74) is 0.699. The number of nitrogens with one attached hydrogen (secondary N) is 1. The molecule has 1 aromatic heterocycles. The van der Waals surface area contributed by atoms with Crippen LogP contribution in [-0.2, 0) is 4.79 Å². The number of rotatable bonds is 3. The molecule has 1 aromatic carbocycles. The summed E-state index contributed by atoms with van der Waals surface area (Å²) in [5.74, 6) is -0.930. The number of carboxylic acids is 1. The third kappa shape index (κ3) is 2.62. The second-order valence-electron chi connectivity index (χ2n) is 3.46.